The van der Waals surface area contributed by atoms with Crippen LogP contribution in [0.4, 0.5) is 4.79 Å². The minimum Gasteiger partial charge on any atom is -0.480 e. The molecule has 1 aromatic rings. The minimum absolute atomic E-state index is 0.153. The SMILES string of the molecule is CC(C)[C@H](NC(=O)NCc1ccsc1)C(=O)O. The van der Waals surface area contributed by atoms with Crippen LogP contribution in [0.5, 0.6) is 0 Å². The van der Waals surface area contributed by atoms with Gasteiger partial charge in [-0.25, -0.2) is 9.59 Å². The molecule has 1 aromatic heterocycles. The van der Waals surface area contributed by atoms with E-state index < -0.39 is 18.0 Å². The van der Waals surface area contributed by atoms with Gasteiger partial charge in [0, 0.05) is 6.54 Å². The van der Waals surface area contributed by atoms with Crippen LogP contribution in [0, 0.1) is 5.92 Å². The normalized spacial score (nSPS) is 12.2. The molecule has 3 N–H and O–H groups in total. The highest BCUT2D eigenvalue weighted by Gasteiger charge is 2.23. The van der Waals surface area contributed by atoms with Crippen LogP contribution in [-0.2, 0) is 11.3 Å². The molecule has 17 heavy (non-hydrogen) atoms. The van der Waals surface area contributed by atoms with Crippen molar-refractivity contribution < 1.29 is 14.7 Å². The van der Waals surface area contributed by atoms with Crippen molar-refractivity contribution in [2.45, 2.75) is 26.4 Å². The van der Waals surface area contributed by atoms with Crippen molar-refractivity contribution in [1.29, 1.82) is 0 Å². The van der Waals surface area contributed by atoms with Crippen LogP contribution >= 0.6 is 11.3 Å². The quantitative estimate of drug-likeness (QED) is 0.749. The van der Waals surface area contributed by atoms with E-state index in [0.29, 0.717) is 6.54 Å². The summed E-state index contributed by atoms with van der Waals surface area (Å²) in [4.78, 5) is 22.3. The molecule has 0 bridgehead atoms. The highest BCUT2D eigenvalue weighted by Crippen LogP contribution is 2.05. The van der Waals surface area contributed by atoms with Crippen LogP contribution < -0.4 is 10.6 Å². The first kappa shape index (κ1) is 13.5. The Morgan fingerprint density at radius 3 is 2.65 bits per heavy atom. The van der Waals surface area contributed by atoms with Crippen molar-refractivity contribution in [3.05, 3.63) is 22.4 Å². The molecule has 5 nitrogen and oxygen atoms in total. The molecule has 0 radical (unpaired) electrons. The summed E-state index contributed by atoms with van der Waals surface area (Å²) in [5.74, 6) is -1.18. The third kappa shape index (κ3) is 4.44. The highest BCUT2D eigenvalue weighted by atomic mass is 32.1. The van der Waals surface area contributed by atoms with E-state index in [-0.39, 0.29) is 5.92 Å². The monoisotopic (exact) mass is 256 g/mol. The number of carbonyl (C=O) groups excluding carboxylic acids is 1. The molecule has 0 aromatic carbocycles. The van der Waals surface area contributed by atoms with E-state index >= 15 is 0 Å². The first-order valence-corrected chi connectivity index (χ1v) is 6.23. The maximum atomic E-state index is 11.5. The first-order valence-electron chi connectivity index (χ1n) is 5.29. The van der Waals surface area contributed by atoms with Crippen LogP contribution in [0.2, 0.25) is 0 Å². The Morgan fingerprint density at radius 2 is 2.18 bits per heavy atom. The van der Waals surface area contributed by atoms with Crippen molar-refractivity contribution in [1.82, 2.24) is 10.6 Å². The molecule has 0 fully saturated rings. The number of amides is 2. The van der Waals surface area contributed by atoms with Gasteiger partial charge in [-0.3, -0.25) is 0 Å². The first-order chi connectivity index (χ1) is 8.00. The van der Waals surface area contributed by atoms with Gasteiger partial charge in [-0.15, -0.1) is 0 Å². The van der Waals surface area contributed by atoms with Gasteiger partial charge in [0.25, 0.3) is 0 Å². The second-order valence-corrected chi connectivity index (χ2v) is 4.80. The number of thiophene rings is 1. The average molecular weight is 256 g/mol. The van der Waals surface area contributed by atoms with E-state index in [4.69, 9.17) is 5.11 Å². The average Bonchev–Trinajstić information content (AvgIpc) is 2.74. The summed E-state index contributed by atoms with van der Waals surface area (Å²) in [6.07, 6.45) is 0. The van der Waals surface area contributed by atoms with Gasteiger partial charge >= 0.3 is 12.0 Å². The maximum Gasteiger partial charge on any atom is 0.326 e. The number of nitrogens with one attached hydrogen (secondary N) is 2. The molecule has 0 spiro atoms. The van der Waals surface area contributed by atoms with Crippen LogP contribution in [-0.4, -0.2) is 23.1 Å². The zero-order valence-corrected chi connectivity index (χ0v) is 10.6. The van der Waals surface area contributed by atoms with Gasteiger partial charge < -0.3 is 15.7 Å². The van der Waals surface area contributed by atoms with E-state index in [0.717, 1.165) is 5.56 Å². The second kappa shape index (κ2) is 6.24. The number of aliphatic carboxylic acids is 1. The van der Waals surface area contributed by atoms with Gasteiger partial charge in [0.15, 0.2) is 0 Å². The number of rotatable bonds is 5. The highest BCUT2D eigenvalue weighted by molar-refractivity contribution is 7.07. The summed E-state index contributed by atoms with van der Waals surface area (Å²) >= 11 is 1.55. The van der Waals surface area contributed by atoms with Crippen molar-refractivity contribution >= 4 is 23.3 Å². The third-order valence-corrected chi connectivity index (χ3v) is 2.98. The third-order valence-electron chi connectivity index (χ3n) is 2.25. The van der Waals surface area contributed by atoms with Gasteiger partial charge in [-0.1, -0.05) is 13.8 Å². The smallest absolute Gasteiger partial charge is 0.326 e. The van der Waals surface area contributed by atoms with Crippen molar-refractivity contribution in [3.63, 3.8) is 0 Å². The molecule has 1 rings (SSSR count). The Morgan fingerprint density at radius 1 is 1.47 bits per heavy atom. The number of carboxylic acid groups (broad SMARTS) is 1. The summed E-state index contributed by atoms with van der Waals surface area (Å²) in [7, 11) is 0. The van der Waals surface area contributed by atoms with E-state index in [1.807, 2.05) is 16.8 Å². The Balaban J connectivity index is 2.40. The van der Waals surface area contributed by atoms with Crippen LogP contribution in [0.25, 0.3) is 0 Å². The lowest BCUT2D eigenvalue weighted by molar-refractivity contribution is -0.140. The largest absolute Gasteiger partial charge is 0.480 e. The molecule has 0 unspecified atom stereocenters. The van der Waals surface area contributed by atoms with Gasteiger partial charge in [-0.05, 0) is 28.3 Å². The fourth-order valence-electron chi connectivity index (χ4n) is 1.28. The number of hydrogen-bond donors (Lipinski definition) is 3. The summed E-state index contributed by atoms with van der Waals surface area (Å²) in [5.41, 5.74) is 1.00. The Kier molecular flexibility index (Phi) is 4.96. The molecular formula is C11H16N2O3S. The maximum absolute atomic E-state index is 11.5. The summed E-state index contributed by atoms with van der Waals surface area (Å²) in [6, 6.07) is 0.581. The molecular weight excluding hydrogens is 240 g/mol. The van der Waals surface area contributed by atoms with Crippen LogP contribution in [0.1, 0.15) is 19.4 Å². The molecule has 1 heterocycles. The van der Waals surface area contributed by atoms with Gasteiger partial charge in [-0.2, -0.15) is 11.3 Å². The zero-order chi connectivity index (χ0) is 12.8. The lowest BCUT2D eigenvalue weighted by atomic mass is 10.1. The van der Waals surface area contributed by atoms with E-state index in [9.17, 15) is 9.59 Å². The predicted octanol–water partition coefficient (Wildman–Crippen LogP) is 1.66. The van der Waals surface area contributed by atoms with Crippen molar-refractivity contribution in [2.24, 2.45) is 5.92 Å². The molecule has 0 aliphatic rings. The number of carbonyl (C=O) groups is 2. The molecule has 0 saturated heterocycles. The van der Waals surface area contributed by atoms with Crippen LogP contribution in [0.3, 0.4) is 0 Å². The molecule has 1 atom stereocenters. The lowest BCUT2D eigenvalue weighted by Crippen LogP contribution is -2.48. The summed E-state index contributed by atoms with van der Waals surface area (Å²) in [5, 5.41) is 17.8. The fourth-order valence-corrected chi connectivity index (χ4v) is 1.95. The number of carboxylic acids is 1. The summed E-state index contributed by atoms with van der Waals surface area (Å²) < 4.78 is 0. The van der Waals surface area contributed by atoms with E-state index in [2.05, 4.69) is 10.6 Å². The van der Waals surface area contributed by atoms with Crippen LogP contribution in [0.15, 0.2) is 16.8 Å². The molecule has 0 saturated carbocycles. The number of hydrogen-bond acceptors (Lipinski definition) is 3. The predicted molar refractivity (Wildman–Crippen MR) is 66.0 cm³/mol. The lowest BCUT2D eigenvalue weighted by Gasteiger charge is -2.18. The van der Waals surface area contributed by atoms with Crippen molar-refractivity contribution in [3.8, 4) is 0 Å². The van der Waals surface area contributed by atoms with Crippen molar-refractivity contribution in [2.75, 3.05) is 0 Å². The van der Waals surface area contributed by atoms with E-state index in [1.54, 1.807) is 25.2 Å². The minimum atomic E-state index is -1.02. The Bertz CT molecular complexity index is 376. The van der Waals surface area contributed by atoms with Gasteiger partial charge in [0.05, 0.1) is 0 Å². The van der Waals surface area contributed by atoms with E-state index in [1.165, 1.54) is 0 Å². The summed E-state index contributed by atoms with van der Waals surface area (Å²) in [6.45, 7) is 3.90. The van der Waals surface area contributed by atoms with Gasteiger partial charge in [0.2, 0.25) is 0 Å². The van der Waals surface area contributed by atoms with Gasteiger partial charge in [0.1, 0.15) is 6.04 Å². The standard InChI is InChI=1S/C11H16N2O3S/c1-7(2)9(10(14)15)13-11(16)12-5-8-3-4-17-6-8/h3-4,6-7,9H,5H2,1-2H3,(H,14,15)(H2,12,13,16)/t9-/m0/s1. The fraction of sp³-hybridized carbons (Fsp3) is 0.455. The number of urea groups is 1. The topological polar surface area (TPSA) is 78.4 Å². The second-order valence-electron chi connectivity index (χ2n) is 4.02. The molecule has 2 amide bonds. The molecule has 0 aliphatic carbocycles. The Labute approximate surface area is 104 Å². The molecule has 0 aliphatic heterocycles. The Hall–Kier alpha value is -1.56. The zero-order valence-electron chi connectivity index (χ0n) is 9.77. The molecule has 6 heteroatoms. The molecule has 94 valence electrons.